The predicted molar refractivity (Wildman–Crippen MR) is 131 cm³/mol. The van der Waals surface area contributed by atoms with Crippen LogP contribution in [0.4, 0.5) is 0 Å². The lowest BCUT2D eigenvalue weighted by Gasteiger charge is -2.68. The van der Waals surface area contributed by atoms with Gasteiger partial charge >= 0.3 is 11.9 Å². The maximum atomic E-state index is 13.4. The van der Waals surface area contributed by atoms with Gasteiger partial charge < -0.3 is 34.6 Å². The topological polar surface area (TPSA) is 160 Å². The van der Waals surface area contributed by atoms with Gasteiger partial charge in [-0.3, -0.25) is 9.59 Å². The zero-order valence-corrected chi connectivity index (χ0v) is 22.8. The number of fused-ring (bicyclic) bond motifs is 1. The molecule has 0 unspecified atom stereocenters. The number of aliphatic hydroxyl groups excluding tert-OH is 2. The predicted octanol–water partition coefficient (Wildman–Crippen LogP) is 0.875. The molecule has 4 fully saturated rings. The molecule has 4 N–H and O–H groups in total. The van der Waals surface area contributed by atoms with Gasteiger partial charge in [0.1, 0.15) is 18.3 Å². The van der Waals surface area contributed by atoms with Gasteiger partial charge in [0, 0.05) is 22.7 Å². The number of carbonyl (C=O) groups excluding carboxylic acids is 3. The SMILES string of the molecule is CC[C@@](O)(CC(=O)O[C@H]1C(=O)O[C@@H]2C[C@H]3C(C)=CC(=O)[C@@H](O)[C@]3(C)[C@H]3[C@@]4(O)OC[C@]32[C@@H]1[C@@H](C)[C@H]4O)C(C)C. The number of hydrogen-bond donors (Lipinski definition) is 4. The van der Waals surface area contributed by atoms with Crippen molar-refractivity contribution in [1.82, 2.24) is 0 Å². The highest BCUT2D eigenvalue weighted by atomic mass is 16.7. The Balaban J connectivity index is 1.60. The van der Waals surface area contributed by atoms with Gasteiger partial charge in [0.15, 0.2) is 11.6 Å². The van der Waals surface area contributed by atoms with Gasteiger partial charge in [-0.05, 0) is 43.6 Å². The first-order valence-electron chi connectivity index (χ1n) is 13.7. The quantitative estimate of drug-likeness (QED) is 0.371. The van der Waals surface area contributed by atoms with Gasteiger partial charge in [-0.1, -0.05) is 40.2 Å². The molecule has 10 heteroatoms. The minimum Gasteiger partial charge on any atom is -0.459 e. The minimum absolute atomic E-state index is 0.108. The lowest BCUT2D eigenvalue weighted by Crippen LogP contribution is -2.78. The van der Waals surface area contributed by atoms with Crippen LogP contribution >= 0.6 is 0 Å². The number of aliphatic hydroxyl groups is 4. The Kier molecular flexibility index (Phi) is 6.25. The van der Waals surface area contributed by atoms with Gasteiger partial charge in [-0.25, -0.2) is 4.79 Å². The van der Waals surface area contributed by atoms with Crippen molar-refractivity contribution in [3.05, 3.63) is 11.6 Å². The summed E-state index contributed by atoms with van der Waals surface area (Å²) in [4.78, 5) is 39.4. The Hall–Kier alpha value is -1.85. The van der Waals surface area contributed by atoms with Crippen LogP contribution in [0.3, 0.4) is 0 Å². The van der Waals surface area contributed by atoms with E-state index in [4.69, 9.17) is 14.2 Å². The van der Waals surface area contributed by atoms with E-state index in [1.807, 2.05) is 0 Å². The molecule has 5 rings (SSSR count). The van der Waals surface area contributed by atoms with Gasteiger partial charge in [0.25, 0.3) is 0 Å². The van der Waals surface area contributed by atoms with Crippen LogP contribution in [0, 0.1) is 40.4 Å². The van der Waals surface area contributed by atoms with Crippen LogP contribution < -0.4 is 0 Å². The van der Waals surface area contributed by atoms with Gasteiger partial charge in [0.05, 0.1) is 18.6 Å². The third-order valence-electron chi connectivity index (χ3n) is 11.0. The van der Waals surface area contributed by atoms with E-state index in [0.717, 1.165) is 0 Å². The van der Waals surface area contributed by atoms with Crippen molar-refractivity contribution in [2.75, 3.05) is 6.61 Å². The molecule has 2 heterocycles. The lowest BCUT2D eigenvalue weighted by molar-refractivity contribution is -0.340. The molecule has 2 aliphatic heterocycles. The van der Waals surface area contributed by atoms with Crippen LogP contribution in [0.5, 0.6) is 0 Å². The minimum atomic E-state index is -2.11. The largest absolute Gasteiger partial charge is 0.459 e. The summed E-state index contributed by atoms with van der Waals surface area (Å²) >= 11 is 0. The number of ether oxygens (including phenoxy) is 3. The third kappa shape index (κ3) is 3.27. The molecule has 3 aliphatic carbocycles. The summed E-state index contributed by atoms with van der Waals surface area (Å²) in [5.41, 5.74) is -3.00. The van der Waals surface area contributed by atoms with Crippen LogP contribution in [0.25, 0.3) is 0 Å². The van der Waals surface area contributed by atoms with E-state index in [1.54, 1.807) is 41.5 Å². The highest BCUT2D eigenvalue weighted by Gasteiger charge is 2.83. The fourth-order valence-electron chi connectivity index (χ4n) is 8.90. The smallest absolute Gasteiger partial charge is 0.348 e. The van der Waals surface area contributed by atoms with Crippen LogP contribution in [0.1, 0.15) is 60.8 Å². The molecule has 0 aromatic heterocycles. The van der Waals surface area contributed by atoms with Crippen molar-refractivity contribution < 1.29 is 49.0 Å². The highest BCUT2D eigenvalue weighted by Crippen LogP contribution is 2.73. The zero-order valence-electron chi connectivity index (χ0n) is 22.8. The average Bonchev–Trinajstić information content (AvgIpc) is 3.13. The summed E-state index contributed by atoms with van der Waals surface area (Å²) in [5, 5.41) is 45.5. The van der Waals surface area contributed by atoms with Crippen LogP contribution in [0.2, 0.25) is 0 Å². The number of rotatable bonds is 5. The van der Waals surface area contributed by atoms with Crippen LogP contribution in [0.15, 0.2) is 11.6 Å². The average molecular weight is 537 g/mol. The monoisotopic (exact) mass is 536 g/mol. The molecule has 0 radical (unpaired) electrons. The Morgan fingerprint density at radius 1 is 1.29 bits per heavy atom. The van der Waals surface area contributed by atoms with E-state index in [0.29, 0.717) is 12.0 Å². The molecule has 2 bridgehead atoms. The maximum Gasteiger partial charge on any atom is 0.348 e. The molecule has 10 nitrogen and oxygen atoms in total. The van der Waals surface area contributed by atoms with Gasteiger partial charge in [-0.2, -0.15) is 0 Å². The molecule has 0 aromatic carbocycles. The summed E-state index contributed by atoms with van der Waals surface area (Å²) in [6, 6.07) is 0. The second-order valence-corrected chi connectivity index (χ2v) is 12.9. The summed E-state index contributed by atoms with van der Waals surface area (Å²) in [6.45, 7) is 10.4. The van der Waals surface area contributed by atoms with Crippen molar-refractivity contribution in [2.45, 2.75) is 96.6 Å². The van der Waals surface area contributed by atoms with Crippen molar-refractivity contribution in [1.29, 1.82) is 0 Å². The second-order valence-electron chi connectivity index (χ2n) is 12.9. The van der Waals surface area contributed by atoms with E-state index < -0.39 is 88.0 Å². The molecule has 212 valence electrons. The van der Waals surface area contributed by atoms with Crippen LogP contribution in [-0.2, 0) is 28.6 Å². The number of allylic oxidation sites excluding steroid dienone is 1. The van der Waals surface area contributed by atoms with E-state index in [9.17, 15) is 34.8 Å². The summed E-state index contributed by atoms with van der Waals surface area (Å²) < 4.78 is 17.7. The molecule has 38 heavy (non-hydrogen) atoms. The molecular weight excluding hydrogens is 496 g/mol. The molecule has 2 saturated heterocycles. The standard InChI is InChI=1S/C28H40O10/c1-7-26(34,12(2)3)10-18(30)38-20-19-14(5)21(31)28(35)24-25(6)15(13(4)8-16(29)22(25)32)9-17(37-23(20)33)27(19,24)11-36-28/h8,12,14-15,17,19-22,24,31-32,34-35H,7,9-11H2,1-6H3/t14-,15+,17-,19-,20-,21-,22-,24-,25-,26-,27+,28+/m1/s1. The van der Waals surface area contributed by atoms with E-state index in [1.165, 1.54) is 6.08 Å². The van der Waals surface area contributed by atoms with E-state index in [2.05, 4.69) is 0 Å². The number of esters is 2. The third-order valence-corrected chi connectivity index (χ3v) is 11.0. The molecule has 12 atom stereocenters. The fraction of sp³-hybridized carbons (Fsp3) is 0.821. The van der Waals surface area contributed by atoms with E-state index in [-0.39, 0.29) is 25.4 Å². The fourth-order valence-corrected chi connectivity index (χ4v) is 8.90. The first-order valence-corrected chi connectivity index (χ1v) is 13.7. The Morgan fingerprint density at radius 3 is 2.55 bits per heavy atom. The first-order chi connectivity index (χ1) is 17.6. The summed E-state index contributed by atoms with van der Waals surface area (Å²) in [6.07, 6.45) is -3.49. The Morgan fingerprint density at radius 2 is 1.95 bits per heavy atom. The molecule has 2 saturated carbocycles. The van der Waals surface area contributed by atoms with Gasteiger partial charge in [0.2, 0.25) is 6.10 Å². The molecule has 0 aromatic rings. The molecular formula is C28H40O10. The number of carbonyl (C=O) groups is 3. The zero-order chi connectivity index (χ0) is 28.2. The van der Waals surface area contributed by atoms with Crippen molar-refractivity contribution >= 4 is 17.7 Å². The summed E-state index contributed by atoms with van der Waals surface area (Å²) in [5.74, 6) is -7.37. The van der Waals surface area contributed by atoms with Crippen molar-refractivity contribution in [3.63, 3.8) is 0 Å². The van der Waals surface area contributed by atoms with Gasteiger partial charge in [-0.15, -0.1) is 0 Å². The molecule has 5 aliphatic rings. The Bertz CT molecular complexity index is 1090. The lowest BCUT2D eigenvalue weighted by atomic mass is 9.38. The molecule has 0 amide bonds. The summed E-state index contributed by atoms with van der Waals surface area (Å²) in [7, 11) is 0. The number of hydrogen-bond acceptors (Lipinski definition) is 10. The normalized spacial score (nSPS) is 49.0. The first kappa shape index (κ1) is 27.7. The van der Waals surface area contributed by atoms with Crippen LogP contribution in [-0.4, -0.2) is 80.6 Å². The Labute approximate surface area is 222 Å². The van der Waals surface area contributed by atoms with Crippen molar-refractivity contribution in [3.8, 4) is 0 Å². The van der Waals surface area contributed by atoms with E-state index >= 15 is 0 Å². The van der Waals surface area contributed by atoms with Crippen molar-refractivity contribution in [2.24, 2.45) is 40.4 Å². The number of ketones is 1. The molecule has 1 spiro atoms. The second kappa shape index (κ2) is 8.57. The highest BCUT2D eigenvalue weighted by molar-refractivity contribution is 5.96. The maximum absolute atomic E-state index is 13.4.